The molecule has 1 aromatic carbocycles. The van der Waals surface area contributed by atoms with Gasteiger partial charge in [-0.25, -0.2) is 0 Å². The number of ketones is 1. The number of halogens is 2. The van der Waals surface area contributed by atoms with E-state index < -0.39 is 0 Å². The molecule has 2 rings (SSSR count). The summed E-state index contributed by atoms with van der Waals surface area (Å²) in [6, 6.07) is 5.15. The van der Waals surface area contributed by atoms with Gasteiger partial charge in [-0.2, -0.15) is 0 Å². The Morgan fingerprint density at radius 3 is 2.67 bits per heavy atom. The minimum absolute atomic E-state index is 0.141. The van der Waals surface area contributed by atoms with Gasteiger partial charge < -0.3 is 0 Å². The Labute approximate surface area is 118 Å². The Hall–Kier alpha value is -0.530. The highest BCUT2D eigenvalue weighted by Crippen LogP contribution is 2.36. The zero-order valence-electron chi connectivity index (χ0n) is 10.6. The predicted octanol–water partition coefficient (Wildman–Crippen LogP) is 5.39. The summed E-state index contributed by atoms with van der Waals surface area (Å²) in [5, 5.41) is 1.06. The van der Waals surface area contributed by atoms with Gasteiger partial charge >= 0.3 is 0 Å². The number of carbonyl (C=O) groups excluding carboxylic acids is 1. The van der Waals surface area contributed by atoms with Crippen LogP contribution in [0, 0.1) is 11.8 Å². The largest absolute Gasteiger partial charge is 0.294 e. The number of Topliss-reactive ketones (excluding diaryl/α,β-unsaturated/α-hetero) is 1. The third kappa shape index (κ3) is 2.89. The monoisotopic (exact) mass is 284 g/mol. The van der Waals surface area contributed by atoms with Gasteiger partial charge in [-0.05, 0) is 37.0 Å². The summed E-state index contributed by atoms with van der Waals surface area (Å²) in [6.45, 7) is 2.17. The van der Waals surface area contributed by atoms with Crippen molar-refractivity contribution >= 4 is 29.0 Å². The highest BCUT2D eigenvalue weighted by atomic mass is 35.5. The highest BCUT2D eigenvalue weighted by Gasteiger charge is 2.31. The summed E-state index contributed by atoms with van der Waals surface area (Å²) < 4.78 is 0. The molecule has 98 valence electrons. The van der Waals surface area contributed by atoms with Gasteiger partial charge in [0.25, 0.3) is 0 Å². The molecule has 0 amide bonds. The van der Waals surface area contributed by atoms with Crippen molar-refractivity contribution in [3.05, 3.63) is 33.8 Å². The summed E-state index contributed by atoms with van der Waals surface area (Å²) in [5.41, 5.74) is 0.631. The van der Waals surface area contributed by atoms with Crippen LogP contribution in [0.5, 0.6) is 0 Å². The van der Waals surface area contributed by atoms with Gasteiger partial charge in [0.1, 0.15) is 0 Å². The first-order chi connectivity index (χ1) is 8.63. The molecule has 1 fully saturated rings. The first-order valence-corrected chi connectivity index (χ1v) is 7.38. The standard InChI is InChI=1S/C15H18Cl2O/c1-2-10-5-3-4-6-12(10)15(18)13-8-7-11(16)9-14(13)17/h7-10,12H,2-6H2,1H3. The summed E-state index contributed by atoms with van der Waals surface area (Å²) in [5.74, 6) is 0.851. The SMILES string of the molecule is CCC1CCCCC1C(=O)c1ccc(Cl)cc1Cl. The second kappa shape index (κ2) is 6.08. The third-order valence-electron chi connectivity index (χ3n) is 3.97. The van der Waals surface area contributed by atoms with Crippen LogP contribution in [0.15, 0.2) is 18.2 Å². The van der Waals surface area contributed by atoms with Crippen LogP contribution in [0.2, 0.25) is 10.0 Å². The first kappa shape index (κ1) is 13.9. The topological polar surface area (TPSA) is 17.1 Å². The second-order valence-corrected chi connectivity index (χ2v) is 5.89. The minimum Gasteiger partial charge on any atom is -0.294 e. The number of carbonyl (C=O) groups is 1. The molecule has 0 heterocycles. The lowest BCUT2D eigenvalue weighted by Gasteiger charge is -2.29. The lowest BCUT2D eigenvalue weighted by atomic mass is 9.74. The van der Waals surface area contributed by atoms with Crippen LogP contribution in [-0.4, -0.2) is 5.78 Å². The first-order valence-electron chi connectivity index (χ1n) is 6.62. The Bertz CT molecular complexity index is 442. The summed E-state index contributed by atoms with van der Waals surface area (Å²) >= 11 is 12.0. The summed E-state index contributed by atoms with van der Waals surface area (Å²) in [6.07, 6.45) is 5.63. The zero-order valence-corrected chi connectivity index (χ0v) is 12.1. The van der Waals surface area contributed by atoms with Gasteiger partial charge in [0.2, 0.25) is 0 Å². The molecule has 1 saturated carbocycles. The van der Waals surface area contributed by atoms with Crippen LogP contribution in [-0.2, 0) is 0 Å². The molecule has 0 radical (unpaired) electrons. The molecule has 3 heteroatoms. The maximum absolute atomic E-state index is 12.6. The molecule has 0 N–H and O–H groups in total. The van der Waals surface area contributed by atoms with Crippen molar-refractivity contribution in [1.29, 1.82) is 0 Å². The van der Waals surface area contributed by atoms with Crippen molar-refractivity contribution in [2.24, 2.45) is 11.8 Å². The quantitative estimate of drug-likeness (QED) is 0.680. The van der Waals surface area contributed by atoms with Gasteiger partial charge in [0, 0.05) is 16.5 Å². The van der Waals surface area contributed by atoms with E-state index in [9.17, 15) is 4.79 Å². The molecule has 1 aliphatic carbocycles. The average Bonchev–Trinajstić information content (AvgIpc) is 2.38. The number of hydrogen-bond acceptors (Lipinski definition) is 1. The average molecular weight is 285 g/mol. The lowest BCUT2D eigenvalue weighted by molar-refractivity contribution is 0.0820. The fraction of sp³-hybridized carbons (Fsp3) is 0.533. The van der Waals surface area contributed by atoms with E-state index in [0.717, 1.165) is 25.7 Å². The molecule has 2 atom stereocenters. The number of benzene rings is 1. The molecule has 18 heavy (non-hydrogen) atoms. The van der Waals surface area contributed by atoms with Gasteiger partial charge in [0.15, 0.2) is 5.78 Å². The van der Waals surface area contributed by atoms with Crippen molar-refractivity contribution in [3.8, 4) is 0 Å². The maximum atomic E-state index is 12.6. The van der Waals surface area contributed by atoms with E-state index >= 15 is 0 Å². The maximum Gasteiger partial charge on any atom is 0.167 e. The molecule has 0 bridgehead atoms. The van der Waals surface area contributed by atoms with Crippen molar-refractivity contribution in [1.82, 2.24) is 0 Å². The van der Waals surface area contributed by atoms with Crippen molar-refractivity contribution < 1.29 is 4.79 Å². The molecular formula is C15H18Cl2O. The Morgan fingerprint density at radius 2 is 2.00 bits per heavy atom. The van der Waals surface area contributed by atoms with Crippen molar-refractivity contribution in [2.45, 2.75) is 39.0 Å². The van der Waals surface area contributed by atoms with Crippen LogP contribution < -0.4 is 0 Å². The van der Waals surface area contributed by atoms with Crippen molar-refractivity contribution in [3.63, 3.8) is 0 Å². The molecule has 1 nitrogen and oxygen atoms in total. The fourth-order valence-electron chi connectivity index (χ4n) is 2.93. The van der Waals surface area contributed by atoms with E-state index in [-0.39, 0.29) is 11.7 Å². The molecule has 2 unspecified atom stereocenters. The molecule has 0 aromatic heterocycles. The highest BCUT2D eigenvalue weighted by molar-refractivity contribution is 6.36. The molecule has 1 aromatic rings. The molecule has 0 saturated heterocycles. The second-order valence-electron chi connectivity index (χ2n) is 5.05. The molecule has 1 aliphatic rings. The third-order valence-corrected chi connectivity index (χ3v) is 4.51. The Kier molecular flexibility index (Phi) is 4.69. The number of hydrogen-bond donors (Lipinski definition) is 0. The van der Waals surface area contributed by atoms with E-state index in [1.165, 1.54) is 6.42 Å². The fourth-order valence-corrected chi connectivity index (χ4v) is 3.43. The smallest absolute Gasteiger partial charge is 0.167 e. The lowest BCUT2D eigenvalue weighted by Crippen LogP contribution is -2.27. The van der Waals surface area contributed by atoms with E-state index in [1.807, 2.05) is 0 Å². The van der Waals surface area contributed by atoms with Gasteiger partial charge in [0.05, 0.1) is 5.02 Å². The normalized spacial score (nSPS) is 23.9. The molecular weight excluding hydrogens is 267 g/mol. The van der Waals surface area contributed by atoms with Gasteiger partial charge in [-0.1, -0.05) is 49.4 Å². The molecule has 0 aliphatic heterocycles. The minimum atomic E-state index is 0.141. The molecule has 0 spiro atoms. The van der Waals surface area contributed by atoms with Crippen LogP contribution in [0.3, 0.4) is 0 Å². The predicted molar refractivity (Wildman–Crippen MR) is 76.5 cm³/mol. The Balaban J connectivity index is 2.24. The summed E-state index contributed by atoms with van der Waals surface area (Å²) in [4.78, 5) is 12.6. The Morgan fingerprint density at radius 1 is 1.28 bits per heavy atom. The van der Waals surface area contributed by atoms with E-state index in [0.29, 0.717) is 21.5 Å². The van der Waals surface area contributed by atoms with Crippen LogP contribution in [0.4, 0.5) is 0 Å². The van der Waals surface area contributed by atoms with E-state index in [2.05, 4.69) is 6.92 Å². The van der Waals surface area contributed by atoms with Crippen molar-refractivity contribution in [2.75, 3.05) is 0 Å². The van der Waals surface area contributed by atoms with Gasteiger partial charge in [-0.3, -0.25) is 4.79 Å². The van der Waals surface area contributed by atoms with E-state index in [1.54, 1.807) is 18.2 Å². The number of rotatable bonds is 3. The summed E-state index contributed by atoms with van der Waals surface area (Å²) in [7, 11) is 0. The van der Waals surface area contributed by atoms with Crippen LogP contribution in [0.1, 0.15) is 49.4 Å². The van der Waals surface area contributed by atoms with Crippen LogP contribution in [0.25, 0.3) is 0 Å². The zero-order chi connectivity index (χ0) is 13.1. The van der Waals surface area contributed by atoms with E-state index in [4.69, 9.17) is 23.2 Å². The van der Waals surface area contributed by atoms with Crippen LogP contribution >= 0.6 is 23.2 Å². The van der Waals surface area contributed by atoms with Gasteiger partial charge in [-0.15, -0.1) is 0 Å².